The molecule has 1 aromatic heterocycles. The fourth-order valence-electron chi connectivity index (χ4n) is 7.41. The Morgan fingerprint density at radius 1 is 1.07 bits per heavy atom. The smallest absolute Gasteiger partial charge is 0.250 e. The van der Waals surface area contributed by atoms with Crippen molar-refractivity contribution in [2.45, 2.75) is 35.9 Å². The molecule has 8 nitrogen and oxygen atoms in total. The molecule has 2 aromatic carbocycles. The third-order valence-corrected chi connectivity index (χ3v) is 9.25. The van der Waals surface area contributed by atoms with Gasteiger partial charge in [-0.15, -0.1) is 0 Å². The topological polar surface area (TPSA) is 123 Å². The first-order valence-corrected chi connectivity index (χ1v) is 13.9. The van der Waals surface area contributed by atoms with Crippen molar-refractivity contribution < 1.29 is 28.5 Å². The summed E-state index contributed by atoms with van der Waals surface area (Å²) in [5.74, 6) is -4.44. The number of aliphatic hydroxyl groups excluding tert-OH is 1. The molecule has 5 atom stereocenters. The van der Waals surface area contributed by atoms with Crippen molar-refractivity contribution in [3.63, 3.8) is 0 Å². The van der Waals surface area contributed by atoms with Gasteiger partial charge in [-0.25, -0.2) is 13.8 Å². The maximum absolute atomic E-state index is 14.1. The second-order valence-electron chi connectivity index (χ2n) is 11.3. The summed E-state index contributed by atoms with van der Waals surface area (Å²) in [4.78, 5) is 6.25. The van der Waals surface area contributed by atoms with Gasteiger partial charge < -0.3 is 24.6 Å². The number of rotatable bonds is 6. The molecule has 216 valence electrons. The van der Waals surface area contributed by atoms with Crippen LogP contribution >= 0.6 is 0 Å². The molecule has 1 saturated heterocycles. The molecule has 3 heterocycles. The molecule has 0 bridgehead atoms. The zero-order valence-electron chi connectivity index (χ0n) is 23.0. The van der Waals surface area contributed by atoms with Crippen LogP contribution in [0.15, 0.2) is 60.7 Å². The van der Waals surface area contributed by atoms with Crippen LogP contribution in [0, 0.1) is 34.5 Å². The summed E-state index contributed by atoms with van der Waals surface area (Å²) in [5.41, 5.74) is -1.37. The van der Waals surface area contributed by atoms with Gasteiger partial charge in [0.05, 0.1) is 24.3 Å². The van der Waals surface area contributed by atoms with Gasteiger partial charge in [-0.05, 0) is 23.3 Å². The van der Waals surface area contributed by atoms with Crippen LogP contribution in [0.1, 0.15) is 46.7 Å². The molecule has 5 unspecified atom stereocenters. The normalized spacial score (nSPS) is 29.5. The standard InChI is InChI=1S/C32H30F2N4O4/c1-41-29-28-26(15-23(17-36)37-29)42-32(22-9-7-20(16-35)8-10-22)27(21-5-3-2-4-6-21)24(19-39)25(31(28,32)40)18-38-13-11-30(33,34)12-14-38/h2-10,15,24-25,27,39-40H,11-14,18-19H2,1H3. The molecule has 2 aliphatic heterocycles. The highest BCUT2D eigenvalue weighted by atomic mass is 19.3. The van der Waals surface area contributed by atoms with Gasteiger partial charge in [0.1, 0.15) is 23.1 Å². The van der Waals surface area contributed by atoms with Crippen molar-refractivity contribution in [1.82, 2.24) is 9.88 Å². The number of alkyl halides is 2. The monoisotopic (exact) mass is 572 g/mol. The van der Waals surface area contributed by atoms with Gasteiger partial charge in [0.15, 0.2) is 5.60 Å². The summed E-state index contributed by atoms with van der Waals surface area (Å²) < 4.78 is 40.7. The molecule has 10 heteroatoms. The first-order valence-electron chi connectivity index (χ1n) is 13.9. The Morgan fingerprint density at radius 3 is 2.36 bits per heavy atom. The number of likely N-dealkylation sites (tertiary alicyclic amines) is 1. The highest BCUT2D eigenvalue weighted by Crippen LogP contribution is 2.71. The summed E-state index contributed by atoms with van der Waals surface area (Å²) in [6.07, 6.45) is -0.595. The van der Waals surface area contributed by atoms with Gasteiger partial charge in [0.25, 0.3) is 5.92 Å². The highest BCUT2D eigenvalue weighted by Gasteiger charge is 2.76. The van der Waals surface area contributed by atoms with E-state index in [0.29, 0.717) is 11.1 Å². The van der Waals surface area contributed by atoms with Crippen LogP contribution in [-0.2, 0) is 11.2 Å². The number of nitrogens with zero attached hydrogens (tertiary/aromatic N) is 4. The number of piperidine rings is 1. The van der Waals surface area contributed by atoms with Crippen LogP contribution in [0.2, 0.25) is 0 Å². The average Bonchev–Trinajstić information content (AvgIpc) is 3.39. The van der Waals surface area contributed by atoms with E-state index in [1.165, 1.54) is 13.2 Å². The third kappa shape index (κ3) is 4.05. The number of aliphatic hydroxyl groups is 2. The molecule has 42 heavy (non-hydrogen) atoms. The van der Waals surface area contributed by atoms with E-state index in [2.05, 4.69) is 11.1 Å². The van der Waals surface area contributed by atoms with Gasteiger partial charge in [0.2, 0.25) is 5.88 Å². The van der Waals surface area contributed by atoms with Crippen molar-refractivity contribution >= 4 is 0 Å². The molecule has 6 rings (SSSR count). The lowest BCUT2D eigenvalue weighted by molar-refractivity contribution is -0.136. The lowest BCUT2D eigenvalue weighted by atomic mass is 9.70. The first-order chi connectivity index (χ1) is 20.2. The summed E-state index contributed by atoms with van der Waals surface area (Å²) in [6, 6.07) is 21.8. The predicted octanol–water partition coefficient (Wildman–Crippen LogP) is 4.06. The average molecular weight is 573 g/mol. The van der Waals surface area contributed by atoms with E-state index < -0.39 is 34.9 Å². The molecule has 1 saturated carbocycles. The van der Waals surface area contributed by atoms with Gasteiger partial charge in [-0.3, -0.25) is 0 Å². The summed E-state index contributed by atoms with van der Waals surface area (Å²) >= 11 is 0. The highest BCUT2D eigenvalue weighted by molar-refractivity contribution is 5.60. The second-order valence-corrected chi connectivity index (χ2v) is 11.3. The van der Waals surface area contributed by atoms with Crippen molar-refractivity contribution in [2.24, 2.45) is 11.8 Å². The van der Waals surface area contributed by atoms with E-state index in [0.717, 1.165) is 5.56 Å². The minimum Gasteiger partial charge on any atom is -0.481 e. The fourth-order valence-corrected chi connectivity index (χ4v) is 7.41. The molecule has 0 spiro atoms. The quantitative estimate of drug-likeness (QED) is 0.454. The number of nitriles is 2. The van der Waals surface area contributed by atoms with Crippen LogP contribution < -0.4 is 9.47 Å². The van der Waals surface area contributed by atoms with Crippen LogP contribution in [0.4, 0.5) is 8.78 Å². The van der Waals surface area contributed by atoms with Gasteiger partial charge in [-0.2, -0.15) is 10.5 Å². The van der Waals surface area contributed by atoms with Crippen LogP contribution in [0.5, 0.6) is 11.6 Å². The molecular formula is C32H30F2N4O4. The van der Waals surface area contributed by atoms with E-state index in [1.807, 2.05) is 41.3 Å². The van der Waals surface area contributed by atoms with Crippen molar-refractivity contribution in [3.05, 3.63) is 88.6 Å². The summed E-state index contributed by atoms with van der Waals surface area (Å²) in [7, 11) is 1.39. The lowest BCUT2D eigenvalue weighted by Gasteiger charge is -2.43. The maximum atomic E-state index is 14.1. The summed E-state index contributed by atoms with van der Waals surface area (Å²) in [6.45, 7) is 0.145. The number of methoxy groups -OCH3 is 1. The maximum Gasteiger partial charge on any atom is 0.250 e. The molecule has 1 aliphatic carbocycles. The Bertz CT molecular complexity index is 1560. The van der Waals surface area contributed by atoms with E-state index in [1.54, 1.807) is 24.3 Å². The second kappa shape index (κ2) is 10.3. The number of ether oxygens (including phenoxy) is 2. The van der Waals surface area contributed by atoms with Gasteiger partial charge in [0, 0.05) is 62.9 Å². The molecule has 2 fully saturated rings. The molecule has 2 N–H and O–H groups in total. The van der Waals surface area contributed by atoms with Gasteiger partial charge >= 0.3 is 0 Å². The Hall–Kier alpha value is -4.09. The number of pyridine rings is 1. The first kappa shape index (κ1) is 28.0. The molecule has 0 amide bonds. The molecular weight excluding hydrogens is 542 g/mol. The van der Waals surface area contributed by atoms with E-state index in [-0.39, 0.29) is 62.0 Å². The lowest BCUT2D eigenvalue weighted by Crippen LogP contribution is -2.53. The van der Waals surface area contributed by atoms with E-state index >= 15 is 0 Å². The van der Waals surface area contributed by atoms with Crippen molar-refractivity contribution in [3.8, 4) is 23.8 Å². The number of aromatic nitrogens is 1. The number of hydrogen-bond acceptors (Lipinski definition) is 8. The van der Waals surface area contributed by atoms with Crippen LogP contribution in [-0.4, -0.2) is 59.4 Å². The van der Waals surface area contributed by atoms with Crippen LogP contribution in [0.25, 0.3) is 0 Å². The Kier molecular flexibility index (Phi) is 6.89. The SMILES string of the molecule is COc1nc(C#N)cc2c1C1(O)C(CN3CCC(F)(F)CC3)C(CO)C(c3ccccc3)C1(c1ccc(C#N)cc1)O2. The Morgan fingerprint density at radius 2 is 1.76 bits per heavy atom. The third-order valence-electron chi connectivity index (χ3n) is 9.25. The fraction of sp³-hybridized carbons (Fsp3) is 0.406. The van der Waals surface area contributed by atoms with Crippen molar-refractivity contribution in [1.29, 1.82) is 10.5 Å². The Balaban J connectivity index is 1.63. The number of halogens is 2. The minimum absolute atomic E-state index is 0.0163. The van der Waals surface area contributed by atoms with E-state index in [9.17, 15) is 29.5 Å². The van der Waals surface area contributed by atoms with Crippen LogP contribution in [0.3, 0.4) is 0 Å². The molecule has 3 aromatic rings. The largest absolute Gasteiger partial charge is 0.481 e. The summed E-state index contributed by atoms with van der Waals surface area (Å²) in [5, 5.41) is 43.5. The molecule has 3 aliphatic rings. The van der Waals surface area contributed by atoms with Gasteiger partial charge in [-0.1, -0.05) is 42.5 Å². The van der Waals surface area contributed by atoms with Crippen molar-refractivity contribution in [2.75, 3.05) is 33.4 Å². The molecule has 0 radical (unpaired) electrons. The number of benzene rings is 2. The Labute approximate surface area is 242 Å². The minimum atomic E-state index is -2.75. The predicted molar refractivity (Wildman–Crippen MR) is 147 cm³/mol. The number of hydrogen-bond donors (Lipinski definition) is 2. The zero-order chi connectivity index (χ0) is 29.7. The van der Waals surface area contributed by atoms with E-state index in [4.69, 9.17) is 9.47 Å². The number of fused-ring (bicyclic) bond motifs is 3. The zero-order valence-corrected chi connectivity index (χ0v) is 23.0.